The number of benzene rings is 1. The molecule has 0 fully saturated rings. The molecule has 0 aliphatic carbocycles. The van der Waals surface area contributed by atoms with E-state index in [0.29, 0.717) is 5.69 Å². The minimum Gasteiger partial charge on any atom is -0.478 e. The lowest BCUT2D eigenvalue weighted by Crippen LogP contribution is -2.49. The summed E-state index contributed by atoms with van der Waals surface area (Å²) in [5, 5.41) is 29.0. The zero-order chi connectivity index (χ0) is 10.6. The smallest absolute Gasteiger partial charge is 0.359 e. The molecule has 1 aromatic carbocycles. The number of aliphatic carboxylic acids is 1. The van der Waals surface area contributed by atoms with Crippen LogP contribution in [0, 0.1) is 0 Å². The molecule has 0 aliphatic heterocycles. The molecule has 5 nitrogen and oxygen atoms in total. The first-order valence-corrected chi connectivity index (χ1v) is 3.98. The third-order valence-corrected chi connectivity index (χ3v) is 1.71. The van der Waals surface area contributed by atoms with Crippen molar-refractivity contribution in [1.29, 1.82) is 0 Å². The number of rotatable bonds is 4. The van der Waals surface area contributed by atoms with Gasteiger partial charge in [0.2, 0.25) is 0 Å². The van der Waals surface area contributed by atoms with E-state index in [1.54, 1.807) is 30.3 Å². The fourth-order valence-electron chi connectivity index (χ4n) is 0.921. The zero-order valence-electron chi connectivity index (χ0n) is 7.34. The number of aliphatic hydroxyl groups is 2. The summed E-state index contributed by atoms with van der Waals surface area (Å²) in [4.78, 5) is 10.6. The predicted molar refractivity (Wildman–Crippen MR) is 49.7 cm³/mol. The molecule has 0 spiro atoms. The van der Waals surface area contributed by atoms with Crippen LogP contribution in [0.5, 0.6) is 0 Å². The van der Waals surface area contributed by atoms with Crippen LogP contribution in [0.25, 0.3) is 0 Å². The van der Waals surface area contributed by atoms with Gasteiger partial charge in [-0.2, -0.15) is 0 Å². The Bertz CT molecular complexity index is 314. The van der Waals surface area contributed by atoms with Crippen LogP contribution in [0.3, 0.4) is 0 Å². The van der Waals surface area contributed by atoms with Crippen LogP contribution in [0.1, 0.15) is 0 Å². The van der Waals surface area contributed by atoms with Gasteiger partial charge in [0.1, 0.15) is 6.61 Å². The van der Waals surface area contributed by atoms with E-state index in [-0.39, 0.29) is 0 Å². The minimum absolute atomic E-state index is 0.423. The van der Waals surface area contributed by atoms with Crippen molar-refractivity contribution in [3.63, 3.8) is 0 Å². The molecule has 0 bridgehead atoms. The van der Waals surface area contributed by atoms with Gasteiger partial charge in [0.25, 0.3) is 5.72 Å². The van der Waals surface area contributed by atoms with E-state index in [1.807, 2.05) is 0 Å². The summed E-state index contributed by atoms with van der Waals surface area (Å²) < 4.78 is 0. The van der Waals surface area contributed by atoms with Crippen molar-refractivity contribution in [3.8, 4) is 0 Å². The molecular formula is C9H11NO4. The van der Waals surface area contributed by atoms with Crippen LogP contribution in [-0.4, -0.2) is 33.6 Å². The van der Waals surface area contributed by atoms with Gasteiger partial charge in [-0.1, -0.05) is 18.2 Å². The van der Waals surface area contributed by atoms with Gasteiger partial charge in [-0.05, 0) is 12.1 Å². The van der Waals surface area contributed by atoms with Crippen molar-refractivity contribution in [2.45, 2.75) is 5.72 Å². The fourth-order valence-corrected chi connectivity index (χ4v) is 0.921. The van der Waals surface area contributed by atoms with E-state index < -0.39 is 18.3 Å². The molecule has 0 heterocycles. The van der Waals surface area contributed by atoms with Gasteiger partial charge < -0.3 is 20.6 Å². The molecule has 4 N–H and O–H groups in total. The summed E-state index contributed by atoms with van der Waals surface area (Å²) in [6, 6.07) is 8.29. The molecule has 0 saturated heterocycles. The number of hydrogen-bond donors (Lipinski definition) is 4. The molecule has 76 valence electrons. The van der Waals surface area contributed by atoms with E-state index in [2.05, 4.69) is 5.32 Å². The maximum Gasteiger partial charge on any atom is 0.359 e. The molecule has 0 amide bonds. The highest BCUT2D eigenvalue weighted by molar-refractivity contribution is 5.80. The summed E-state index contributed by atoms with van der Waals surface area (Å²) in [7, 11) is 0. The standard InChI is InChI=1S/C9H11NO4/c11-6-9(14,8(12)13)10-7-4-2-1-3-5-7/h1-5,10-11,14H,6H2,(H,12,13). The Morgan fingerprint density at radius 1 is 1.36 bits per heavy atom. The molecule has 0 aromatic heterocycles. The van der Waals surface area contributed by atoms with Crippen LogP contribution >= 0.6 is 0 Å². The summed E-state index contributed by atoms with van der Waals surface area (Å²) >= 11 is 0. The van der Waals surface area contributed by atoms with E-state index in [1.165, 1.54) is 0 Å². The molecule has 1 rings (SSSR count). The predicted octanol–water partition coefficient (Wildman–Crippen LogP) is -0.136. The molecule has 1 atom stereocenters. The quantitative estimate of drug-likeness (QED) is 0.504. The third-order valence-electron chi connectivity index (χ3n) is 1.71. The number of hydrogen-bond acceptors (Lipinski definition) is 4. The highest BCUT2D eigenvalue weighted by atomic mass is 16.4. The number of nitrogens with one attached hydrogen (secondary N) is 1. The van der Waals surface area contributed by atoms with Crippen molar-refractivity contribution >= 4 is 11.7 Å². The highest BCUT2D eigenvalue weighted by Gasteiger charge is 2.35. The average molecular weight is 197 g/mol. The molecule has 14 heavy (non-hydrogen) atoms. The lowest BCUT2D eigenvalue weighted by Gasteiger charge is -2.23. The molecule has 0 aliphatic rings. The lowest BCUT2D eigenvalue weighted by molar-refractivity contribution is -0.158. The summed E-state index contributed by atoms with van der Waals surface area (Å²) in [5.74, 6) is -1.52. The van der Waals surface area contributed by atoms with Gasteiger partial charge in [-0.3, -0.25) is 0 Å². The van der Waals surface area contributed by atoms with Crippen molar-refractivity contribution in [2.75, 3.05) is 11.9 Å². The van der Waals surface area contributed by atoms with E-state index >= 15 is 0 Å². The molecular weight excluding hydrogens is 186 g/mol. The van der Waals surface area contributed by atoms with Gasteiger partial charge in [0.15, 0.2) is 0 Å². The van der Waals surface area contributed by atoms with E-state index in [0.717, 1.165) is 0 Å². The van der Waals surface area contributed by atoms with Crippen LogP contribution in [0.2, 0.25) is 0 Å². The van der Waals surface area contributed by atoms with Crippen molar-refractivity contribution in [2.24, 2.45) is 0 Å². The maximum atomic E-state index is 10.6. The Hall–Kier alpha value is -1.59. The number of carboxylic acids is 1. The van der Waals surface area contributed by atoms with Gasteiger partial charge in [-0.15, -0.1) is 0 Å². The lowest BCUT2D eigenvalue weighted by atomic mass is 10.2. The zero-order valence-corrected chi connectivity index (χ0v) is 7.34. The topological polar surface area (TPSA) is 89.8 Å². The highest BCUT2D eigenvalue weighted by Crippen LogP contribution is 2.12. The van der Waals surface area contributed by atoms with Crippen molar-refractivity contribution < 1.29 is 20.1 Å². The Kier molecular flexibility index (Phi) is 3.06. The Morgan fingerprint density at radius 2 is 1.93 bits per heavy atom. The summed E-state index contributed by atoms with van der Waals surface area (Å²) in [5.41, 5.74) is -1.91. The normalized spacial score (nSPS) is 14.4. The number of carboxylic acid groups (broad SMARTS) is 1. The molecule has 1 unspecified atom stereocenters. The molecule has 0 radical (unpaired) electrons. The maximum absolute atomic E-state index is 10.6. The molecule has 5 heteroatoms. The number of carbonyl (C=O) groups is 1. The fraction of sp³-hybridized carbons (Fsp3) is 0.222. The second kappa shape index (κ2) is 4.08. The van der Waals surface area contributed by atoms with Gasteiger partial charge in [0, 0.05) is 5.69 Å². The van der Waals surface area contributed by atoms with Crippen LogP contribution in [0.15, 0.2) is 30.3 Å². The van der Waals surface area contributed by atoms with Crippen molar-refractivity contribution in [3.05, 3.63) is 30.3 Å². The van der Waals surface area contributed by atoms with Crippen molar-refractivity contribution in [1.82, 2.24) is 0 Å². The van der Waals surface area contributed by atoms with Crippen LogP contribution < -0.4 is 5.32 Å². The van der Waals surface area contributed by atoms with E-state index in [4.69, 9.17) is 10.2 Å². The second-order valence-electron chi connectivity index (χ2n) is 2.81. The Labute approximate surface area is 80.6 Å². The minimum atomic E-state index is -2.33. The Balaban J connectivity index is 2.81. The summed E-state index contributed by atoms with van der Waals surface area (Å²) in [6.07, 6.45) is 0. The first kappa shape index (κ1) is 10.5. The first-order valence-electron chi connectivity index (χ1n) is 3.98. The SMILES string of the molecule is O=C(O)C(O)(CO)Nc1ccccc1. The monoisotopic (exact) mass is 197 g/mol. The largest absolute Gasteiger partial charge is 0.478 e. The van der Waals surface area contributed by atoms with Gasteiger partial charge in [0.05, 0.1) is 0 Å². The van der Waals surface area contributed by atoms with Crippen LogP contribution in [-0.2, 0) is 4.79 Å². The summed E-state index contributed by atoms with van der Waals surface area (Å²) in [6.45, 7) is -0.906. The first-order chi connectivity index (χ1) is 6.58. The molecule has 0 saturated carbocycles. The number of para-hydroxylation sites is 1. The van der Waals surface area contributed by atoms with Gasteiger partial charge in [-0.25, -0.2) is 4.79 Å². The van der Waals surface area contributed by atoms with E-state index in [9.17, 15) is 9.90 Å². The van der Waals surface area contributed by atoms with Crippen LogP contribution in [0.4, 0.5) is 5.69 Å². The van der Waals surface area contributed by atoms with Gasteiger partial charge >= 0.3 is 5.97 Å². The Morgan fingerprint density at radius 3 is 2.36 bits per heavy atom. The number of anilines is 1. The third kappa shape index (κ3) is 2.21. The molecule has 1 aromatic rings. The average Bonchev–Trinajstić information content (AvgIpc) is 2.19. The second-order valence-corrected chi connectivity index (χ2v) is 2.81. The number of aliphatic hydroxyl groups excluding tert-OH is 1.